The topological polar surface area (TPSA) is 115 Å². The van der Waals surface area contributed by atoms with Crippen LogP contribution in [-0.4, -0.2) is 53.4 Å². The highest BCUT2D eigenvalue weighted by Gasteiger charge is 2.39. The lowest BCUT2D eigenvalue weighted by Gasteiger charge is -2.29. The van der Waals surface area contributed by atoms with E-state index in [1.807, 2.05) is 25.4 Å². The number of piperidine rings is 1. The second-order valence-corrected chi connectivity index (χ2v) is 7.61. The van der Waals surface area contributed by atoms with Crippen LogP contribution in [-0.2, 0) is 22.7 Å². The molecule has 4 heterocycles. The average molecular weight is 405 g/mol. The van der Waals surface area contributed by atoms with Crippen molar-refractivity contribution in [1.29, 1.82) is 0 Å². The second kappa shape index (κ2) is 6.90. The second-order valence-electron chi connectivity index (χ2n) is 7.61. The molecule has 0 bridgehead atoms. The summed E-state index contributed by atoms with van der Waals surface area (Å²) < 4.78 is 3.45. The van der Waals surface area contributed by atoms with Crippen LogP contribution in [0.2, 0.25) is 0 Å². The molecule has 3 aromatic rings. The van der Waals surface area contributed by atoms with Crippen LogP contribution in [0.4, 0.5) is 0 Å². The summed E-state index contributed by atoms with van der Waals surface area (Å²) in [7, 11) is 0. The summed E-state index contributed by atoms with van der Waals surface area (Å²) in [4.78, 5) is 37.9. The Labute approximate surface area is 171 Å². The molecule has 0 spiro atoms. The molecule has 3 amide bonds. The molecule has 1 saturated heterocycles. The smallest absolute Gasteiger partial charge is 0.255 e. The number of nitrogens with one attached hydrogen (secondary N) is 1. The van der Waals surface area contributed by atoms with Gasteiger partial charge in [-0.2, -0.15) is 5.10 Å². The normalized spacial score (nSPS) is 18.6. The number of benzene rings is 1. The van der Waals surface area contributed by atoms with Gasteiger partial charge in [0.15, 0.2) is 0 Å². The van der Waals surface area contributed by atoms with E-state index in [-0.39, 0.29) is 18.2 Å². The molecule has 1 aromatic carbocycles. The zero-order chi connectivity index (χ0) is 20.8. The standard InChI is InChI=1S/C20H19N7O3/c1-12-7-21-25(8-12)10-14-11-27(24-23-14)15-2-3-16-13(6-15)9-26(20(16)30)17-4-5-18(28)22-19(17)29/h2-3,6-8,11,17H,4-5,9-10H2,1H3,(H,22,28,29). The first-order valence-corrected chi connectivity index (χ1v) is 9.66. The fraction of sp³-hybridized carbons (Fsp3) is 0.300. The van der Waals surface area contributed by atoms with Crippen LogP contribution in [0.15, 0.2) is 36.8 Å². The number of carbonyl (C=O) groups excluding carboxylic acids is 3. The third-order valence-corrected chi connectivity index (χ3v) is 5.40. The predicted molar refractivity (Wildman–Crippen MR) is 103 cm³/mol. The monoisotopic (exact) mass is 405 g/mol. The first-order chi connectivity index (χ1) is 14.5. The minimum Gasteiger partial charge on any atom is -0.322 e. The van der Waals surface area contributed by atoms with Gasteiger partial charge in [0, 0.05) is 24.7 Å². The highest BCUT2D eigenvalue weighted by molar-refractivity contribution is 6.05. The molecular weight excluding hydrogens is 386 g/mol. The summed E-state index contributed by atoms with van der Waals surface area (Å²) in [5.41, 5.74) is 4.01. The van der Waals surface area contributed by atoms with Crippen molar-refractivity contribution in [1.82, 2.24) is 35.0 Å². The fourth-order valence-corrected chi connectivity index (χ4v) is 3.92. The first kappa shape index (κ1) is 18.2. The zero-order valence-corrected chi connectivity index (χ0v) is 16.3. The van der Waals surface area contributed by atoms with E-state index in [1.54, 1.807) is 27.7 Å². The van der Waals surface area contributed by atoms with Crippen LogP contribution >= 0.6 is 0 Å². The molecule has 10 nitrogen and oxygen atoms in total. The zero-order valence-electron chi connectivity index (χ0n) is 16.3. The number of amides is 3. The Morgan fingerprint density at radius 1 is 1.20 bits per heavy atom. The van der Waals surface area contributed by atoms with Crippen molar-refractivity contribution in [2.24, 2.45) is 0 Å². The van der Waals surface area contributed by atoms with E-state index in [0.29, 0.717) is 25.1 Å². The van der Waals surface area contributed by atoms with E-state index >= 15 is 0 Å². The molecule has 2 aromatic heterocycles. The average Bonchev–Trinajstić information content (AvgIpc) is 3.42. The lowest BCUT2D eigenvalue weighted by Crippen LogP contribution is -2.52. The van der Waals surface area contributed by atoms with Gasteiger partial charge in [-0.3, -0.25) is 24.4 Å². The summed E-state index contributed by atoms with van der Waals surface area (Å²) in [6.45, 7) is 2.81. The molecule has 1 fully saturated rings. The molecule has 0 saturated carbocycles. The maximum Gasteiger partial charge on any atom is 0.255 e. The van der Waals surface area contributed by atoms with Gasteiger partial charge < -0.3 is 4.90 Å². The minimum atomic E-state index is -0.624. The third-order valence-electron chi connectivity index (χ3n) is 5.40. The molecule has 30 heavy (non-hydrogen) atoms. The van der Waals surface area contributed by atoms with Gasteiger partial charge in [-0.05, 0) is 42.7 Å². The summed E-state index contributed by atoms with van der Waals surface area (Å²) in [5, 5.41) is 15.0. The van der Waals surface area contributed by atoms with Gasteiger partial charge in [-0.25, -0.2) is 4.68 Å². The van der Waals surface area contributed by atoms with Gasteiger partial charge in [-0.1, -0.05) is 5.21 Å². The van der Waals surface area contributed by atoms with E-state index in [1.165, 1.54) is 4.90 Å². The number of hydrogen-bond acceptors (Lipinski definition) is 6. The number of imide groups is 1. The van der Waals surface area contributed by atoms with Gasteiger partial charge in [0.1, 0.15) is 11.7 Å². The van der Waals surface area contributed by atoms with Gasteiger partial charge in [0.25, 0.3) is 5.91 Å². The quantitative estimate of drug-likeness (QED) is 0.635. The van der Waals surface area contributed by atoms with Crippen LogP contribution in [0.3, 0.4) is 0 Å². The van der Waals surface area contributed by atoms with Crippen molar-refractivity contribution < 1.29 is 14.4 Å². The van der Waals surface area contributed by atoms with Crippen molar-refractivity contribution in [3.05, 3.63) is 59.2 Å². The summed E-state index contributed by atoms with van der Waals surface area (Å²) in [6.07, 6.45) is 6.13. The molecule has 1 N–H and O–H groups in total. The number of hydrogen-bond donors (Lipinski definition) is 1. The number of rotatable bonds is 4. The summed E-state index contributed by atoms with van der Waals surface area (Å²) in [5.74, 6) is -0.906. The summed E-state index contributed by atoms with van der Waals surface area (Å²) >= 11 is 0. The first-order valence-electron chi connectivity index (χ1n) is 9.66. The lowest BCUT2D eigenvalue weighted by atomic mass is 10.0. The Morgan fingerprint density at radius 2 is 2.07 bits per heavy atom. The van der Waals surface area contributed by atoms with Gasteiger partial charge in [0.05, 0.1) is 24.6 Å². The Balaban J connectivity index is 1.36. The van der Waals surface area contributed by atoms with Crippen molar-refractivity contribution in [2.75, 3.05) is 0 Å². The molecule has 152 valence electrons. The van der Waals surface area contributed by atoms with Crippen molar-refractivity contribution in [2.45, 2.75) is 38.9 Å². The SMILES string of the molecule is Cc1cnn(Cc2cn(-c3ccc4c(c3)CN(C3CCC(=O)NC3=O)C4=O)nn2)c1. The molecule has 10 heteroatoms. The van der Waals surface area contributed by atoms with Crippen LogP contribution in [0, 0.1) is 6.92 Å². The fourth-order valence-electron chi connectivity index (χ4n) is 3.92. The molecule has 0 radical (unpaired) electrons. The number of aryl methyl sites for hydroxylation is 1. The Kier molecular flexibility index (Phi) is 4.19. The molecule has 1 atom stereocenters. The van der Waals surface area contributed by atoms with Crippen LogP contribution in [0.5, 0.6) is 0 Å². The highest BCUT2D eigenvalue weighted by Crippen LogP contribution is 2.29. The Hall–Kier alpha value is -3.82. The van der Waals surface area contributed by atoms with E-state index < -0.39 is 11.9 Å². The Bertz CT molecular complexity index is 1180. The van der Waals surface area contributed by atoms with E-state index in [2.05, 4.69) is 20.7 Å². The van der Waals surface area contributed by atoms with Gasteiger partial charge in [0.2, 0.25) is 11.8 Å². The van der Waals surface area contributed by atoms with Crippen molar-refractivity contribution >= 4 is 17.7 Å². The highest BCUT2D eigenvalue weighted by atomic mass is 16.2. The third kappa shape index (κ3) is 3.15. The maximum atomic E-state index is 12.8. The number of fused-ring (bicyclic) bond motifs is 1. The Morgan fingerprint density at radius 3 is 2.83 bits per heavy atom. The molecular formula is C20H19N7O3. The number of carbonyl (C=O) groups is 3. The minimum absolute atomic E-state index is 0.195. The number of nitrogens with zero attached hydrogens (tertiary/aromatic N) is 6. The van der Waals surface area contributed by atoms with Crippen molar-refractivity contribution in [3.63, 3.8) is 0 Å². The molecule has 1 unspecified atom stereocenters. The molecule has 0 aliphatic carbocycles. The van der Waals surface area contributed by atoms with Crippen LogP contribution < -0.4 is 5.32 Å². The molecule has 2 aliphatic rings. The van der Waals surface area contributed by atoms with Crippen LogP contribution in [0.1, 0.15) is 40.0 Å². The summed E-state index contributed by atoms with van der Waals surface area (Å²) in [6, 6.07) is 4.81. The van der Waals surface area contributed by atoms with E-state index in [4.69, 9.17) is 0 Å². The van der Waals surface area contributed by atoms with Gasteiger partial charge >= 0.3 is 0 Å². The molecule has 5 rings (SSSR count). The molecule has 2 aliphatic heterocycles. The van der Waals surface area contributed by atoms with Crippen LogP contribution in [0.25, 0.3) is 5.69 Å². The largest absolute Gasteiger partial charge is 0.322 e. The van der Waals surface area contributed by atoms with Gasteiger partial charge in [-0.15, -0.1) is 5.10 Å². The van der Waals surface area contributed by atoms with E-state index in [9.17, 15) is 14.4 Å². The lowest BCUT2D eigenvalue weighted by molar-refractivity contribution is -0.136. The van der Waals surface area contributed by atoms with E-state index in [0.717, 1.165) is 22.5 Å². The predicted octanol–water partition coefficient (Wildman–Crippen LogP) is 0.582. The maximum absolute atomic E-state index is 12.8. The number of aromatic nitrogens is 5. The van der Waals surface area contributed by atoms with Crippen molar-refractivity contribution in [3.8, 4) is 5.69 Å².